The molecule has 5 heteroatoms. The monoisotopic (exact) mass is 300 g/mol. The molecule has 0 N–H and O–H groups in total. The average molecular weight is 300 g/mol. The number of rotatable bonds is 3. The molecule has 0 aliphatic rings. The summed E-state index contributed by atoms with van der Waals surface area (Å²) >= 11 is 0.867. The molecule has 2 aromatic rings. The third-order valence-corrected chi connectivity index (χ3v) is 3.90. The van der Waals surface area contributed by atoms with Crippen LogP contribution in [0.4, 0.5) is 17.6 Å². The van der Waals surface area contributed by atoms with Gasteiger partial charge in [-0.1, -0.05) is 30.3 Å². The molecule has 0 saturated heterocycles. The topological polar surface area (TPSA) is 0 Å². The van der Waals surface area contributed by atoms with Gasteiger partial charge in [0.25, 0.3) is 0 Å². The highest BCUT2D eigenvalue weighted by Gasteiger charge is 2.35. The lowest BCUT2D eigenvalue weighted by molar-refractivity contribution is -0.140. The van der Waals surface area contributed by atoms with E-state index in [1.807, 2.05) is 6.07 Å². The van der Waals surface area contributed by atoms with Crippen LogP contribution in [0.1, 0.15) is 16.7 Å². The van der Waals surface area contributed by atoms with E-state index in [2.05, 4.69) is 0 Å². The molecule has 0 atom stereocenters. The van der Waals surface area contributed by atoms with Crippen LogP contribution in [0.15, 0.2) is 47.4 Å². The van der Waals surface area contributed by atoms with Gasteiger partial charge in [-0.2, -0.15) is 13.2 Å². The molecule has 0 radical (unpaired) electrons. The van der Waals surface area contributed by atoms with Crippen molar-refractivity contribution in [3.8, 4) is 0 Å². The van der Waals surface area contributed by atoms with Crippen LogP contribution in [-0.4, -0.2) is 0 Å². The first kappa shape index (κ1) is 14.9. The lowest BCUT2D eigenvalue weighted by Gasteiger charge is -2.14. The molecule has 2 rings (SSSR count). The quantitative estimate of drug-likeness (QED) is 0.537. The molecule has 0 unspecified atom stereocenters. The number of hydrogen-bond acceptors (Lipinski definition) is 1. The highest BCUT2D eigenvalue weighted by atomic mass is 32.2. The molecule has 0 nitrogen and oxygen atoms in total. The van der Waals surface area contributed by atoms with Gasteiger partial charge in [-0.3, -0.25) is 0 Å². The van der Waals surface area contributed by atoms with E-state index >= 15 is 0 Å². The van der Waals surface area contributed by atoms with Crippen molar-refractivity contribution >= 4 is 11.8 Å². The predicted octanol–water partition coefficient (Wildman–Crippen LogP) is 5.45. The Balaban J connectivity index is 2.31. The zero-order chi connectivity index (χ0) is 14.8. The first-order valence-electron chi connectivity index (χ1n) is 5.92. The minimum atomic E-state index is -4.55. The maximum Gasteiger partial charge on any atom is 0.417 e. The van der Waals surface area contributed by atoms with Crippen molar-refractivity contribution in [2.45, 2.75) is 23.7 Å². The predicted molar refractivity (Wildman–Crippen MR) is 72.1 cm³/mol. The third-order valence-electron chi connectivity index (χ3n) is 2.72. The molecule has 0 spiro atoms. The van der Waals surface area contributed by atoms with Gasteiger partial charge in [0.1, 0.15) is 5.82 Å². The normalized spacial score (nSPS) is 11.7. The number of benzene rings is 2. The summed E-state index contributed by atoms with van der Waals surface area (Å²) in [6.45, 7) is 1.45. The maximum absolute atomic E-state index is 13.8. The van der Waals surface area contributed by atoms with Crippen LogP contribution in [0.5, 0.6) is 0 Å². The highest BCUT2D eigenvalue weighted by molar-refractivity contribution is 7.98. The summed E-state index contributed by atoms with van der Waals surface area (Å²) in [5.74, 6) is -0.526. The largest absolute Gasteiger partial charge is 0.417 e. The minimum absolute atomic E-state index is 0.263. The van der Waals surface area contributed by atoms with Gasteiger partial charge in [0, 0.05) is 5.75 Å². The Morgan fingerprint density at radius 2 is 1.70 bits per heavy atom. The summed E-state index contributed by atoms with van der Waals surface area (Å²) in [6, 6.07) is 11.1. The van der Waals surface area contributed by atoms with Crippen LogP contribution in [-0.2, 0) is 11.9 Å². The van der Waals surface area contributed by atoms with E-state index in [1.54, 1.807) is 24.3 Å². The van der Waals surface area contributed by atoms with Crippen LogP contribution >= 0.6 is 11.8 Å². The van der Waals surface area contributed by atoms with E-state index in [9.17, 15) is 17.6 Å². The summed E-state index contributed by atoms with van der Waals surface area (Å²) < 4.78 is 52.7. The molecule has 106 valence electrons. The SMILES string of the molecule is Cc1cc(F)c(SCc2ccccc2)c(C(F)(F)F)c1. The van der Waals surface area contributed by atoms with Crippen molar-refractivity contribution < 1.29 is 17.6 Å². The summed E-state index contributed by atoms with van der Waals surface area (Å²) in [5.41, 5.74) is 0.209. The Labute approximate surface area is 118 Å². The van der Waals surface area contributed by atoms with Crippen LogP contribution in [0, 0.1) is 12.7 Å². The molecule has 2 aromatic carbocycles. The Hall–Kier alpha value is -1.49. The van der Waals surface area contributed by atoms with Gasteiger partial charge < -0.3 is 0 Å². The van der Waals surface area contributed by atoms with E-state index in [0.717, 1.165) is 29.5 Å². The van der Waals surface area contributed by atoms with Crippen LogP contribution in [0.25, 0.3) is 0 Å². The molecule has 0 saturated carbocycles. The van der Waals surface area contributed by atoms with E-state index in [4.69, 9.17) is 0 Å². The average Bonchev–Trinajstić information content (AvgIpc) is 2.37. The number of aryl methyl sites for hydroxylation is 1. The van der Waals surface area contributed by atoms with E-state index < -0.39 is 17.6 Å². The number of thioether (sulfide) groups is 1. The molecule has 20 heavy (non-hydrogen) atoms. The Bertz CT molecular complexity index is 591. The van der Waals surface area contributed by atoms with Crippen molar-refractivity contribution in [3.63, 3.8) is 0 Å². The summed E-state index contributed by atoms with van der Waals surface area (Å²) in [4.78, 5) is -0.341. The second kappa shape index (κ2) is 5.87. The second-order valence-electron chi connectivity index (χ2n) is 4.40. The molecular weight excluding hydrogens is 288 g/mol. The van der Waals surface area contributed by atoms with E-state index in [1.165, 1.54) is 6.92 Å². The van der Waals surface area contributed by atoms with Crippen molar-refractivity contribution in [2.75, 3.05) is 0 Å². The van der Waals surface area contributed by atoms with Gasteiger partial charge in [0.05, 0.1) is 10.5 Å². The first-order chi connectivity index (χ1) is 9.38. The van der Waals surface area contributed by atoms with E-state index in [-0.39, 0.29) is 10.5 Å². The molecule has 0 aromatic heterocycles. The fourth-order valence-electron chi connectivity index (χ4n) is 1.82. The Kier molecular flexibility index (Phi) is 4.38. The summed E-state index contributed by atoms with van der Waals surface area (Å²) in [7, 11) is 0. The van der Waals surface area contributed by atoms with Crippen LogP contribution in [0.3, 0.4) is 0 Å². The van der Waals surface area contributed by atoms with Gasteiger partial charge in [-0.05, 0) is 30.2 Å². The van der Waals surface area contributed by atoms with Crippen molar-refractivity contribution in [2.24, 2.45) is 0 Å². The zero-order valence-corrected chi connectivity index (χ0v) is 11.5. The molecule has 0 amide bonds. The summed E-state index contributed by atoms with van der Waals surface area (Å²) in [6.07, 6.45) is -4.55. The highest BCUT2D eigenvalue weighted by Crippen LogP contribution is 2.39. The molecule has 0 heterocycles. The number of alkyl halides is 3. The molecule has 0 aliphatic carbocycles. The molecule has 0 bridgehead atoms. The lowest BCUT2D eigenvalue weighted by Crippen LogP contribution is -2.09. The maximum atomic E-state index is 13.8. The molecule has 0 fully saturated rings. The fraction of sp³-hybridized carbons (Fsp3) is 0.200. The Morgan fingerprint density at radius 1 is 1.05 bits per heavy atom. The van der Waals surface area contributed by atoms with Crippen molar-refractivity contribution in [1.82, 2.24) is 0 Å². The number of halogens is 4. The van der Waals surface area contributed by atoms with Crippen LogP contribution in [0.2, 0.25) is 0 Å². The van der Waals surface area contributed by atoms with Gasteiger partial charge in [0.15, 0.2) is 0 Å². The van der Waals surface area contributed by atoms with Crippen LogP contribution < -0.4 is 0 Å². The smallest absolute Gasteiger partial charge is 0.206 e. The Morgan fingerprint density at radius 3 is 2.30 bits per heavy atom. The van der Waals surface area contributed by atoms with Gasteiger partial charge in [-0.15, -0.1) is 11.8 Å². The summed E-state index contributed by atoms with van der Waals surface area (Å²) in [5, 5.41) is 0. The minimum Gasteiger partial charge on any atom is -0.206 e. The van der Waals surface area contributed by atoms with Crippen molar-refractivity contribution in [3.05, 3.63) is 65.0 Å². The zero-order valence-electron chi connectivity index (χ0n) is 10.7. The molecule has 0 aliphatic heterocycles. The number of hydrogen-bond donors (Lipinski definition) is 0. The van der Waals surface area contributed by atoms with Gasteiger partial charge in [-0.25, -0.2) is 4.39 Å². The second-order valence-corrected chi connectivity index (χ2v) is 5.38. The lowest BCUT2D eigenvalue weighted by atomic mass is 10.1. The molecular formula is C15H12F4S. The standard InChI is InChI=1S/C15H12F4S/c1-10-7-12(15(17,18)19)14(13(16)8-10)20-9-11-5-3-2-4-6-11/h2-8H,9H2,1H3. The third kappa shape index (κ3) is 3.54. The van der Waals surface area contributed by atoms with E-state index in [0.29, 0.717) is 5.75 Å². The van der Waals surface area contributed by atoms with Gasteiger partial charge in [0.2, 0.25) is 0 Å². The fourth-order valence-corrected chi connectivity index (χ4v) is 2.85. The van der Waals surface area contributed by atoms with Gasteiger partial charge >= 0.3 is 6.18 Å². The van der Waals surface area contributed by atoms with Crippen molar-refractivity contribution in [1.29, 1.82) is 0 Å². The first-order valence-corrected chi connectivity index (χ1v) is 6.90.